The van der Waals surface area contributed by atoms with Crippen LogP contribution < -0.4 is 4.74 Å². The Kier molecular flexibility index (Phi) is 5.98. The zero-order valence-electron chi connectivity index (χ0n) is 16.3. The monoisotopic (exact) mass is 430 g/mol. The minimum absolute atomic E-state index is 0.0991. The number of benzene rings is 2. The molecule has 1 fully saturated rings. The van der Waals surface area contributed by atoms with Crippen LogP contribution in [0.2, 0.25) is 0 Å². The summed E-state index contributed by atoms with van der Waals surface area (Å²) in [5.74, 6) is -0.497. The standard InChI is InChI=1S/C21H20F2N4O2S/c1-29-18-8-6-17(7-9-18)27-13-24-25-21(27)30-12-20(28)26(16-4-5-16)11-14-2-3-15(22)10-19(14)23/h2-3,6-10,13,16H,4-5,11-12H2,1H3. The highest BCUT2D eigenvalue weighted by Gasteiger charge is 2.33. The van der Waals surface area contributed by atoms with Gasteiger partial charge in [0.25, 0.3) is 0 Å². The first kappa shape index (κ1) is 20.3. The number of amides is 1. The molecule has 30 heavy (non-hydrogen) atoms. The molecule has 0 unspecified atom stereocenters. The third kappa shape index (κ3) is 4.62. The zero-order valence-corrected chi connectivity index (χ0v) is 17.1. The lowest BCUT2D eigenvalue weighted by Crippen LogP contribution is -2.34. The largest absolute Gasteiger partial charge is 0.497 e. The molecule has 0 radical (unpaired) electrons. The number of aromatic nitrogens is 3. The fourth-order valence-corrected chi connectivity index (χ4v) is 3.91. The Bertz CT molecular complexity index is 1040. The smallest absolute Gasteiger partial charge is 0.233 e. The Morgan fingerprint density at radius 2 is 2.00 bits per heavy atom. The van der Waals surface area contributed by atoms with E-state index >= 15 is 0 Å². The Balaban J connectivity index is 1.44. The molecule has 4 rings (SSSR count). The molecule has 3 aromatic rings. The predicted octanol–water partition coefficient (Wildman–Crippen LogP) is 3.84. The van der Waals surface area contributed by atoms with E-state index in [1.165, 1.54) is 23.9 Å². The van der Waals surface area contributed by atoms with E-state index in [1.807, 2.05) is 24.3 Å². The van der Waals surface area contributed by atoms with Crippen molar-refractivity contribution in [2.45, 2.75) is 30.6 Å². The van der Waals surface area contributed by atoms with Crippen LogP contribution in [0.1, 0.15) is 18.4 Å². The lowest BCUT2D eigenvalue weighted by molar-refractivity contribution is -0.129. The van der Waals surface area contributed by atoms with Gasteiger partial charge in [-0.25, -0.2) is 8.78 Å². The summed E-state index contributed by atoms with van der Waals surface area (Å²) in [7, 11) is 1.60. The highest BCUT2D eigenvalue weighted by atomic mass is 32.2. The number of thioether (sulfide) groups is 1. The number of rotatable bonds is 8. The lowest BCUT2D eigenvalue weighted by atomic mass is 10.2. The fraction of sp³-hybridized carbons (Fsp3) is 0.286. The molecule has 1 aromatic heterocycles. The quantitative estimate of drug-likeness (QED) is 0.508. The van der Waals surface area contributed by atoms with Gasteiger partial charge in [0.15, 0.2) is 5.16 Å². The van der Waals surface area contributed by atoms with Gasteiger partial charge in [0.1, 0.15) is 23.7 Å². The van der Waals surface area contributed by atoms with Crippen LogP contribution in [-0.2, 0) is 11.3 Å². The highest BCUT2D eigenvalue weighted by molar-refractivity contribution is 7.99. The first-order valence-corrected chi connectivity index (χ1v) is 10.4. The van der Waals surface area contributed by atoms with E-state index in [-0.39, 0.29) is 24.2 Å². The molecule has 0 spiro atoms. The van der Waals surface area contributed by atoms with E-state index in [1.54, 1.807) is 22.9 Å². The molecule has 2 aromatic carbocycles. The number of hydrogen-bond acceptors (Lipinski definition) is 5. The molecule has 0 bridgehead atoms. The molecule has 0 atom stereocenters. The number of hydrogen-bond donors (Lipinski definition) is 0. The Hall–Kier alpha value is -2.94. The van der Waals surface area contributed by atoms with Gasteiger partial charge in [-0.1, -0.05) is 17.8 Å². The van der Waals surface area contributed by atoms with Gasteiger partial charge in [-0.2, -0.15) is 0 Å². The molecule has 9 heteroatoms. The van der Waals surface area contributed by atoms with E-state index in [9.17, 15) is 13.6 Å². The van der Waals surface area contributed by atoms with Crippen LogP contribution in [0.15, 0.2) is 53.9 Å². The molecule has 0 aliphatic heterocycles. The maximum absolute atomic E-state index is 14.0. The molecular formula is C21H20F2N4O2S. The lowest BCUT2D eigenvalue weighted by Gasteiger charge is -2.22. The van der Waals surface area contributed by atoms with Crippen molar-refractivity contribution in [3.05, 3.63) is 66.0 Å². The van der Waals surface area contributed by atoms with Crippen LogP contribution in [0.4, 0.5) is 8.78 Å². The number of ether oxygens (including phenoxy) is 1. The Labute approximate surface area is 176 Å². The van der Waals surface area contributed by atoms with Gasteiger partial charge in [0.05, 0.1) is 12.9 Å². The molecule has 1 heterocycles. The van der Waals surface area contributed by atoms with Crippen LogP contribution in [0.3, 0.4) is 0 Å². The van der Waals surface area contributed by atoms with E-state index in [4.69, 9.17) is 4.74 Å². The molecule has 0 saturated heterocycles. The summed E-state index contributed by atoms with van der Waals surface area (Å²) in [6.45, 7) is 0.126. The number of carbonyl (C=O) groups excluding carboxylic acids is 1. The summed E-state index contributed by atoms with van der Waals surface area (Å²) in [5, 5.41) is 8.64. The van der Waals surface area contributed by atoms with Crippen molar-refractivity contribution in [2.24, 2.45) is 0 Å². The maximum atomic E-state index is 14.0. The Morgan fingerprint density at radius 1 is 1.23 bits per heavy atom. The molecule has 1 aliphatic rings. The number of nitrogens with zero attached hydrogens (tertiary/aromatic N) is 4. The molecule has 156 valence electrons. The van der Waals surface area contributed by atoms with Crippen molar-refractivity contribution in [3.8, 4) is 11.4 Å². The van der Waals surface area contributed by atoms with Gasteiger partial charge in [0, 0.05) is 29.9 Å². The summed E-state index contributed by atoms with van der Waals surface area (Å²) in [5.41, 5.74) is 1.16. The first-order chi connectivity index (χ1) is 14.5. The third-order valence-electron chi connectivity index (χ3n) is 4.86. The second kappa shape index (κ2) is 8.83. The normalized spacial score (nSPS) is 13.3. The van der Waals surface area contributed by atoms with Crippen molar-refractivity contribution < 1.29 is 18.3 Å². The van der Waals surface area contributed by atoms with Crippen LogP contribution in [-0.4, -0.2) is 44.5 Å². The summed E-state index contributed by atoms with van der Waals surface area (Å²) in [6, 6.07) is 11.0. The van der Waals surface area contributed by atoms with Crippen molar-refractivity contribution in [1.29, 1.82) is 0 Å². The predicted molar refractivity (Wildman–Crippen MR) is 109 cm³/mol. The average Bonchev–Trinajstić information content (AvgIpc) is 3.48. The van der Waals surface area contributed by atoms with Crippen LogP contribution in [0.5, 0.6) is 5.75 Å². The molecule has 1 aliphatic carbocycles. The van der Waals surface area contributed by atoms with Crippen LogP contribution >= 0.6 is 11.8 Å². The molecular weight excluding hydrogens is 410 g/mol. The number of methoxy groups -OCH3 is 1. The van der Waals surface area contributed by atoms with Gasteiger partial charge in [-0.05, 0) is 43.2 Å². The third-order valence-corrected chi connectivity index (χ3v) is 5.78. The van der Waals surface area contributed by atoms with Gasteiger partial charge in [-0.3, -0.25) is 9.36 Å². The van der Waals surface area contributed by atoms with Crippen LogP contribution in [0.25, 0.3) is 5.69 Å². The van der Waals surface area contributed by atoms with E-state index in [2.05, 4.69) is 10.2 Å². The number of halogens is 2. The summed E-state index contributed by atoms with van der Waals surface area (Å²) in [4.78, 5) is 14.5. The van der Waals surface area contributed by atoms with Crippen molar-refractivity contribution >= 4 is 17.7 Å². The van der Waals surface area contributed by atoms with Crippen molar-refractivity contribution in [1.82, 2.24) is 19.7 Å². The van der Waals surface area contributed by atoms with Gasteiger partial charge in [0.2, 0.25) is 5.91 Å². The van der Waals surface area contributed by atoms with E-state index in [0.29, 0.717) is 10.7 Å². The first-order valence-electron chi connectivity index (χ1n) is 9.46. The van der Waals surface area contributed by atoms with Crippen molar-refractivity contribution in [3.63, 3.8) is 0 Å². The highest BCUT2D eigenvalue weighted by Crippen LogP contribution is 2.30. The van der Waals surface area contributed by atoms with Gasteiger partial charge in [-0.15, -0.1) is 10.2 Å². The van der Waals surface area contributed by atoms with E-state index < -0.39 is 11.6 Å². The second-order valence-electron chi connectivity index (χ2n) is 6.96. The molecule has 6 nitrogen and oxygen atoms in total. The SMILES string of the molecule is COc1ccc(-n2cnnc2SCC(=O)N(Cc2ccc(F)cc2F)C2CC2)cc1. The van der Waals surface area contributed by atoms with Gasteiger partial charge < -0.3 is 9.64 Å². The maximum Gasteiger partial charge on any atom is 0.233 e. The summed E-state index contributed by atoms with van der Waals surface area (Å²) in [6.07, 6.45) is 3.36. The minimum atomic E-state index is -0.639. The fourth-order valence-electron chi connectivity index (χ4n) is 3.09. The van der Waals surface area contributed by atoms with Crippen LogP contribution in [0, 0.1) is 11.6 Å². The minimum Gasteiger partial charge on any atom is -0.497 e. The molecule has 0 N–H and O–H groups in total. The van der Waals surface area contributed by atoms with Crippen molar-refractivity contribution in [2.75, 3.05) is 12.9 Å². The Morgan fingerprint density at radius 3 is 2.67 bits per heavy atom. The molecule has 1 amide bonds. The zero-order chi connectivity index (χ0) is 21.1. The molecule has 1 saturated carbocycles. The van der Waals surface area contributed by atoms with Gasteiger partial charge >= 0.3 is 0 Å². The summed E-state index contributed by atoms with van der Waals surface area (Å²) < 4.78 is 34.2. The topological polar surface area (TPSA) is 60.2 Å². The second-order valence-corrected chi connectivity index (χ2v) is 7.90. The summed E-state index contributed by atoms with van der Waals surface area (Å²) >= 11 is 1.27. The number of carbonyl (C=O) groups is 1. The average molecular weight is 430 g/mol. The van der Waals surface area contributed by atoms with E-state index in [0.717, 1.165) is 30.3 Å².